The summed E-state index contributed by atoms with van der Waals surface area (Å²) in [5, 5.41) is 4.89. The van der Waals surface area contributed by atoms with Crippen LogP contribution >= 0.6 is 0 Å². The van der Waals surface area contributed by atoms with Gasteiger partial charge in [-0.15, -0.1) is 0 Å². The van der Waals surface area contributed by atoms with Gasteiger partial charge in [-0.05, 0) is 145 Å². The fourth-order valence-corrected chi connectivity index (χ4v) is 11.0. The van der Waals surface area contributed by atoms with E-state index in [1.807, 2.05) is 12.2 Å². The Balaban J connectivity index is 0.921. The molecule has 0 aliphatic heterocycles. The van der Waals surface area contributed by atoms with Crippen molar-refractivity contribution in [2.24, 2.45) is 0 Å². The summed E-state index contributed by atoms with van der Waals surface area (Å²) in [7, 11) is 0. The van der Waals surface area contributed by atoms with E-state index in [2.05, 4.69) is 253 Å². The van der Waals surface area contributed by atoms with E-state index in [-0.39, 0.29) is 0 Å². The quantitative estimate of drug-likeness (QED) is 0.131. The summed E-state index contributed by atoms with van der Waals surface area (Å²) in [6.45, 7) is 3.76. The first kappa shape index (κ1) is 40.3. The number of aromatic nitrogens is 1. The van der Waals surface area contributed by atoms with Gasteiger partial charge < -0.3 is 9.47 Å². The van der Waals surface area contributed by atoms with Crippen LogP contribution in [0.15, 0.2) is 261 Å². The highest BCUT2D eigenvalue weighted by atomic mass is 15.1. The van der Waals surface area contributed by atoms with Gasteiger partial charge in [0.1, 0.15) is 0 Å². The van der Waals surface area contributed by atoms with Gasteiger partial charge in [-0.1, -0.05) is 201 Å². The van der Waals surface area contributed by atoms with Crippen LogP contribution < -0.4 is 4.90 Å². The maximum absolute atomic E-state index is 3.76. The largest absolute Gasteiger partial charge is 0.310 e. The molecule has 2 heteroatoms. The maximum Gasteiger partial charge on any atom is 0.0541 e. The van der Waals surface area contributed by atoms with E-state index in [1.54, 1.807) is 6.08 Å². The minimum absolute atomic E-state index is 0.878. The molecule has 0 saturated carbocycles. The number of anilines is 3. The van der Waals surface area contributed by atoms with E-state index in [4.69, 9.17) is 0 Å². The molecule has 2 nitrogen and oxygen atoms in total. The van der Waals surface area contributed by atoms with Gasteiger partial charge in [0, 0.05) is 33.2 Å². The number of rotatable bonds is 9. The number of hydrogen-bond acceptors (Lipinski definition) is 1. The second-order valence-corrected chi connectivity index (χ2v) is 18.0. The SMILES string of the molecule is C=C/C=C\C=C/Cc1ccc(-n2c3ccccc3c3cc(-c4ccc(N(c5ccc6c(c5)C(=C5c7ccccc7-c7ccccc75)c5ccccc5-6)c5cccc6ccccc56)cc4)ccc32)cc1. The topological polar surface area (TPSA) is 8.17 Å². The summed E-state index contributed by atoms with van der Waals surface area (Å²) in [5.74, 6) is 0. The van der Waals surface area contributed by atoms with Crippen LogP contribution in [0.4, 0.5) is 17.1 Å². The third kappa shape index (κ3) is 6.72. The van der Waals surface area contributed by atoms with Crippen molar-refractivity contribution in [2.45, 2.75) is 6.42 Å². The standard InChI is InChI=1S/C67H46N2/c1-2-3-4-5-6-18-45-31-36-50(37-32-45)69-64-29-16-15-25-57(64)61-43-48(35-42-65(61)69)46-33-38-49(39-34-46)68(63-30-17-20-47-19-7-8-21-52(47)63)51-40-41-56-55-24-11-14-28-60(55)67(62(56)44-51)66-58-26-12-9-22-53(58)54-23-10-13-27-59(54)66/h2-17,19-44H,1,18H2/b4-3-,6-5-. The molecule has 0 amide bonds. The lowest BCUT2D eigenvalue weighted by Crippen LogP contribution is -2.11. The normalized spacial score (nSPS) is 12.6. The molecule has 69 heavy (non-hydrogen) atoms. The van der Waals surface area contributed by atoms with E-state index in [0.717, 1.165) is 29.2 Å². The Kier molecular flexibility index (Phi) is 9.77. The van der Waals surface area contributed by atoms with Crippen LogP contribution in [0.5, 0.6) is 0 Å². The molecule has 0 saturated heterocycles. The van der Waals surface area contributed by atoms with Crippen molar-refractivity contribution in [3.63, 3.8) is 0 Å². The average Bonchev–Trinajstić information content (AvgIpc) is 4.04. The van der Waals surface area contributed by atoms with Gasteiger partial charge in [0.2, 0.25) is 0 Å². The number of hydrogen-bond donors (Lipinski definition) is 0. The lowest BCUT2D eigenvalue weighted by molar-refractivity contribution is 1.16. The van der Waals surface area contributed by atoms with Crippen molar-refractivity contribution >= 4 is 60.8 Å². The molecule has 1 heterocycles. The van der Waals surface area contributed by atoms with E-state index in [0.29, 0.717) is 0 Å². The second-order valence-electron chi connectivity index (χ2n) is 18.0. The summed E-state index contributed by atoms with van der Waals surface area (Å²) >= 11 is 0. The van der Waals surface area contributed by atoms with Crippen LogP contribution in [0.3, 0.4) is 0 Å². The molecule has 0 N–H and O–H groups in total. The highest BCUT2D eigenvalue weighted by molar-refractivity contribution is 6.19. The predicted molar refractivity (Wildman–Crippen MR) is 293 cm³/mol. The van der Waals surface area contributed by atoms with Gasteiger partial charge in [0.05, 0.1) is 16.7 Å². The fourth-order valence-electron chi connectivity index (χ4n) is 11.0. The molecule has 0 spiro atoms. The highest BCUT2D eigenvalue weighted by Crippen LogP contribution is 2.55. The van der Waals surface area contributed by atoms with Crippen molar-refractivity contribution in [3.8, 4) is 39.1 Å². The van der Waals surface area contributed by atoms with Gasteiger partial charge >= 0.3 is 0 Å². The molecule has 10 aromatic carbocycles. The Morgan fingerprint density at radius 2 is 0.957 bits per heavy atom. The Morgan fingerprint density at radius 3 is 1.67 bits per heavy atom. The lowest BCUT2D eigenvalue weighted by Gasteiger charge is -2.28. The summed E-state index contributed by atoms with van der Waals surface area (Å²) < 4.78 is 2.40. The Bertz CT molecular complexity index is 3880. The predicted octanol–water partition coefficient (Wildman–Crippen LogP) is 17.9. The molecular weight excluding hydrogens is 833 g/mol. The number of fused-ring (bicyclic) bond motifs is 10. The zero-order valence-corrected chi connectivity index (χ0v) is 38.1. The molecule has 324 valence electrons. The van der Waals surface area contributed by atoms with Gasteiger partial charge in [-0.3, -0.25) is 0 Å². The molecule has 0 bridgehead atoms. The average molecular weight is 879 g/mol. The maximum atomic E-state index is 3.76. The first-order chi connectivity index (χ1) is 34.2. The van der Waals surface area contributed by atoms with Crippen molar-refractivity contribution in [1.82, 2.24) is 4.57 Å². The zero-order valence-electron chi connectivity index (χ0n) is 38.1. The van der Waals surface area contributed by atoms with Crippen LogP contribution in [-0.2, 0) is 6.42 Å². The summed E-state index contributed by atoms with van der Waals surface area (Å²) in [6.07, 6.45) is 10.9. The first-order valence-electron chi connectivity index (χ1n) is 23.8. The summed E-state index contributed by atoms with van der Waals surface area (Å²) in [5.41, 5.74) is 23.4. The first-order valence-corrected chi connectivity index (χ1v) is 23.8. The Labute approximate surface area is 403 Å². The third-order valence-corrected chi connectivity index (χ3v) is 14.1. The number of allylic oxidation sites excluding steroid dienone is 5. The van der Waals surface area contributed by atoms with Gasteiger partial charge in [0.25, 0.3) is 0 Å². The molecule has 0 fully saturated rings. The molecule has 0 unspecified atom stereocenters. The number of nitrogens with zero attached hydrogens (tertiary/aromatic N) is 2. The van der Waals surface area contributed by atoms with Gasteiger partial charge in [0.15, 0.2) is 0 Å². The van der Waals surface area contributed by atoms with Crippen molar-refractivity contribution < 1.29 is 0 Å². The van der Waals surface area contributed by atoms with Crippen LogP contribution in [0.25, 0.3) is 82.8 Å². The fraction of sp³-hybridized carbons (Fsp3) is 0.0149. The van der Waals surface area contributed by atoms with Gasteiger partial charge in [-0.2, -0.15) is 0 Å². The molecule has 13 rings (SSSR count). The number of para-hydroxylation sites is 1. The smallest absolute Gasteiger partial charge is 0.0541 e. The zero-order chi connectivity index (χ0) is 45.8. The van der Waals surface area contributed by atoms with Crippen molar-refractivity contribution in [2.75, 3.05) is 4.90 Å². The van der Waals surface area contributed by atoms with Crippen molar-refractivity contribution in [1.29, 1.82) is 0 Å². The van der Waals surface area contributed by atoms with E-state index >= 15 is 0 Å². The molecule has 0 atom stereocenters. The number of benzene rings is 10. The van der Waals surface area contributed by atoms with Gasteiger partial charge in [-0.25, -0.2) is 0 Å². The van der Waals surface area contributed by atoms with E-state index in [1.165, 1.54) is 105 Å². The molecule has 1 aromatic heterocycles. The van der Waals surface area contributed by atoms with E-state index < -0.39 is 0 Å². The molecule has 0 radical (unpaired) electrons. The third-order valence-electron chi connectivity index (χ3n) is 14.1. The van der Waals surface area contributed by atoms with Crippen LogP contribution in [0.1, 0.15) is 27.8 Å². The Hall–Kier alpha value is -8.98. The summed E-state index contributed by atoms with van der Waals surface area (Å²) in [4.78, 5) is 2.45. The van der Waals surface area contributed by atoms with Crippen LogP contribution in [0, 0.1) is 0 Å². The minimum Gasteiger partial charge on any atom is -0.310 e. The van der Waals surface area contributed by atoms with Crippen LogP contribution in [0.2, 0.25) is 0 Å². The Morgan fingerprint density at radius 1 is 0.391 bits per heavy atom. The minimum atomic E-state index is 0.878. The molecule has 2 aliphatic rings. The molecular formula is C67H46N2. The second kappa shape index (κ2) is 16.7. The highest BCUT2D eigenvalue weighted by Gasteiger charge is 2.33. The molecule has 2 aliphatic carbocycles. The lowest BCUT2D eigenvalue weighted by atomic mass is 9.91. The van der Waals surface area contributed by atoms with Crippen LogP contribution in [-0.4, -0.2) is 4.57 Å². The summed E-state index contributed by atoms with van der Waals surface area (Å²) in [6, 6.07) is 83.1. The monoisotopic (exact) mass is 878 g/mol. The molecule has 11 aromatic rings. The van der Waals surface area contributed by atoms with E-state index in [9.17, 15) is 0 Å². The van der Waals surface area contributed by atoms with Crippen molar-refractivity contribution in [3.05, 3.63) is 289 Å².